The fourth-order valence-electron chi connectivity index (χ4n) is 1.99. The lowest BCUT2D eigenvalue weighted by Crippen LogP contribution is -2.36. The van der Waals surface area contributed by atoms with Gasteiger partial charge in [0.2, 0.25) is 0 Å². The molecule has 1 fully saturated rings. The molecule has 1 aliphatic heterocycles. The molecular formula is C11H22ClNO2. The van der Waals surface area contributed by atoms with E-state index in [1.54, 1.807) is 0 Å². The number of likely N-dealkylation sites (tertiary alicyclic amines) is 1. The van der Waals surface area contributed by atoms with Gasteiger partial charge >= 0.3 is 5.97 Å². The van der Waals surface area contributed by atoms with Crippen LogP contribution in [-0.2, 0) is 4.79 Å². The summed E-state index contributed by atoms with van der Waals surface area (Å²) in [5.74, 6) is -0.698. The van der Waals surface area contributed by atoms with Crippen molar-refractivity contribution in [2.75, 3.05) is 19.6 Å². The fraction of sp³-hybridized carbons (Fsp3) is 0.909. The van der Waals surface area contributed by atoms with Crippen molar-refractivity contribution in [2.24, 2.45) is 5.92 Å². The van der Waals surface area contributed by atoms with Crippen LogP contribution in [0.3, 0.4) is 0 Å². The Morgan fingerprint density at radius 3 is 2.40 bits per heavy atom. The van der Waals surface area contributed by atoms with E-state index < -0.39 is 5.97 Å². The van der Waals surface area contributed by atoms with Gasteiger partial charge in [0, 0.05) is 0 Å². The van der Waals surface area contributed by atoms with Crippen LogP contribution in [0.4, 0.5) is 0 Å². The van der Waals surface area contributed by atoms with Gasteiger partial charge in [-0.3, -0.25) is 4.79 Å². The Kier molecular flexibility index (Phi) is 7.79. The molecular weight excluding hydrogens is 214 g/mol. The largest absolute Gasteiger partial charge is 0.481 e. The first-order valence-corrected chi connectivity index (χ1v) is 5.69. The number of piperidine rings is 1. The van der Waals surface area contributed by atoms with Crippen molar-refractivity contribution in [3.05, 3.63) is 0 Å². The Bertz CT molecular complexity index is 179. The highest BCUT2D eigenvalue weighted by molar-refractivity contribution is 5.85. The molecule has 90 valence electrons. The Morgan fingerprint density at radius 2 is 1.93 bits per heavy atom. The van der Waals surface area contributed by atoms with E-state index in [9.17, 15) is 4.79 Å². The van der Waals surface area contributed by atoms with Crippen LogP contribution in [0, 0.1) is 5.92 Å². The molecule has 0 aromatic carbocycles. The average molecular weight is 236 g/mol. The average Bonchev–Trinajstić information content (AvgIpc) is 2.19. The number of hydrogen-bond donors (Lipinski definition) is 1. The molecule has 0 saturated carbocycles. The van der Waals surface area contributed by atoms with Gasteiger partial charge in [0.25, 0.3) is 0 Å². The molecule has 0 atom stereocenters. The van der Waals surface area contributed by atoms with Gasteiger partial charge in [0.1, 0.15) is 0 Å². The van der Waals surface area contributed by atoms with Gasteiger partial charge < -0.3 is 10.0 Å². The standard InChI is InChI=1S/C11H21NO2.ClH/c1-2-3-4-7-12-8-5-10(6-9-12)11(13)14;/h10H,2-9H2,1H3,(H,13,14);1H. The van der Waals surface area contributed by atoms with Crippen molar-refractivity contribution in [3.8, 4) is 0 Å². The lowest BCUT2D eigenvalue weighted by atomic mass is 9.97. The predicted octanol–water partition coefficient (Wildman–Crippen LogP) is 2.40. The summed E-state index contributed by atoms with van der Waals surface area (Å²) < 4.78 is 0. The molecule has 15 heavy (non-hydrogen) atoms. The van der Waals surface area contributed by atoms with Crippen LogP contribution in [0.2, 0.25) is 0 Å². The third-order valence-corrected chi connectivity index (χ3v) is 3.01. The third-order valence-electron chi connectivity index (χ3n) is 3.01. The number of hydrogen-bond acceptors (Lipinski definition) is 2. The summed E-state index contributed by atoms with van der Waals surface area (Å²) in [5, 5.41) is 8.82. The molecule has 1 N–H and O–H groups in total. The van der Waals surface area contributed by atoms with Crippen LogP contribution >= 0.6 is 12.4 Å². The number of carbonyl (C=O) groups is 1. The Morgan fingerprint density at radius 1 is 1.33 bits per heavy atom. The quantitative estimate of drug-likeness (QED) is 0.744. The number of nitrogens with zero attached hydrogens (tertiary/aromatic N) is 1. The minimum absolute atomic E-state index is 0. The highest BCUT2D eigenvalue weighted by Gasteiger charge is 2.23. The van der Waals surface area contributed by atoms with Crippen LogP contribution in [0.5, 0.6) is 0 Å². The second kappa shape index (κ2) is 7.94. The molecule has 0 bridgehead atoms. The van der Waals surface area contributed by atoms with E-state index in [-0.39, 0.29) is 18.3 Å². The molecule has 1 aliphatic rings. The number of unbranched alkanes of at least 4 members (excludes halogenated alkanes) is 2. The first-order valence-electron chi connectivity index (χ1n) is 5.69. The second-order valence-electron chi connectivity index (χ2n) is 4.16. The number of carboxylic acids is 1. The topological polar surface area (TPSA) is 40.5 Å². The molecule has 0 aromatic rings. The van der Waals surface area contributed by atoms with Crippen molar-refractivity contribution in [1.29, 1.82) is 0 Å². The molecule has 0 unspecified atom stereocenters. The SMILES string of the molecule is CCCCCN1CCC(C(=O)O)CC1.Cl. The molecule has 1 heterocycles. The lowest BCUT2D eigenvalue weighted by Gasteiger charge is -2.29. The van der Waals surface area contributed by atoms with E-state index in [1.165, 1.54) is 19.3 Å². The van der Waals surface area contributed by atoms with E-state index in [2.05, 4.69) is 11.8 Å². The van der Waals surface area contributed by atoms with Crippen molar-refractivity contribution in [2.45, 2.75) is 39.0 Å². The van der Waals surface area contributed by atoms with Gasteiger partial charge in [-0.25, -0.2) is 0 Å². The van der Waals surface area contributed by atoms with Crippen molar-refractivity contribution >= 4 is 18.4 Å². The molecule has 4 heteroatoms. The van der Waals surface area contributed by atoms with Crippen LogP contribution < -0.4 is 0 Å². The van der Waals surface area contributed by atoms with Gasteiger partial charge in [-0.2, -0.15) is 0 Å². The van der Waals surface area contributed by atoms with E-state index in [0.717, 1.165) is 32.5 Å². The first-order chi connectivity index (χ1) is 6.74. The maximum absolute atomic E-state index is 10.7. The molecule has 0 aliphatic carbocycles. The van der Waals surface area contributed by atoms with Gasteiger partial charge in [0.05, 0.1) is 5.92 Å². The summed E-state index contributed by atoms with van der Waals surface area (Å²) in [5.41, 5.74) is 0. The van der Waals surface area contributed by atoms with E-state index in [4.69, 9.17) is 5.11 Å². The minimum Gasteiger partial charge on any atom is -0.481 e. The van der Waals surface area contributed by atoms with E-state index >= 15 is 0 Å². The molecule has 3 nitrogen and oxygen atoms in total. The van der Waals surface area contributed by atoms with Gasteiger partial charge in [-0.15, -0.1) is 12.4 Å². The minimum atomic E-state index is -0.613. The highest BCUT2D eigenvalue weighted by Crippen LogP contribution is 2.17. The number of halogens is 1. The summed E-state index contributed by atoms with van der Waals surface area (Å²) >= 11 is 0. The maximum atomic E-state index is 10.7. The fourth-order valence-corrected chi connectivity index (χ4v) is 1.99. The van der Waals surface area contributed by atoms with Crippen molar-refractivity contribution in [1.82, 2.24) is 4.90 Å². The van der Waals surface area contributed by atoms with Crippen LogP contribution in [0.1, 0.15) is 39.0 Å². The second-order valence-corrected chi connectivity index (χ2v) is 4.16. The highest BCUT2D eigenvalue weighted by atomic mass is 35.5. The Labute approximate surface area is 98.3 Å². The zero-order valence-electron chi connectivity index (χ0n) is 9.45. The van der Waals surface area contributed by atoms with E-state index in [1.807, 2.05) is 0 Å². The first kappa shape index (κ1) is 14.7. The van der Waals surface area contributed by atoms with Crippen molar-refractivity contribution < 1.29 is 9.90 Å². The molecule has 0 amide bonds. The molecule has 0 radical (unpaired) electrons. The molecule has 0 spiro atoms. The third kappa shape index (κ3) is 5.38. The summed E-state index contributed by atoms with van der Waals surface area (Å²) in [7, 11) is 0. The zero-order valence-corrected chi connectivity index (χ0v) is 10.3. The Hall–Kier alpha value is -0.280. The van der Waals surface area contributed by atoms with Crippen LogP contribution in [0.25, 0.3) is 0 Å². The van der Waals surface area contributed by atoms with Gasteiger partial charge in [0.15, 0.2) is 0 Å². The van der Waals surface area contributed by atoms with Gasteiger partial charge in [-0.1, -0.05) is 19.8 Å². The maximum Gasteiger partial charge on any atom is 0.306 e. The Balaban J connectivity index is 0.00000196. The molecule has 1 saturated heterocycles. The zero-order chi connectivity index (χ0) is 10.4. The van der Waals surface area contributed by atoms with Gasteiger partial charge in [-0.05, 0) is 38.9 Å². The summed E-state index contributed by atoms with van der Waals surface area (Å²) in [4.78, 5) is 13.1. The van der Waals surface area contributed by atoms with Crippen LogP contribution in [-0.4, -0.2) is 35.6 Å². The summed E-state index contributed by atoms with van der Waals surface area (Å²) in [6, 6.07) is 0. The number of rotatable bonds is 5. The summed E-state index contributed by atoms with van der Waals surface area (Å²) in [6.45, 7) is 5.30. The van der Waals surface area contributed by atoms with E-state index in [0.29, 0.717) is 0 Å². The number of aliphatic carboxylic acids is 1. The summed E-state index contributed by atoms with van der Waals surface area (Å²) in [6.07, 6.45) is 5.47. The molecule has 0 aromatic heterocycles. The van der Waals surface area contributed by atoms with Crippen LogP contribution in [0.15, 0.2) is 0 Å². The lowest BCUT2D eigenvalue weighted by molar-refractivity contribution is -0.143. The van der Waals surface area contributed by atoms with Crippen molar-refractivity contribution in [3.63, 3.8) is 0 Å². The number of carboxylic acid groups (broad SMARTS) is 1. The smallest absolute Gasteiger partial charge is 0.306 e. The molecule has 1 rings (SSSR count). The monoisotopic (exact) mass is 235 g/mol. The normalized spacial score (nSPS) is 18.5. The predicted molar refractivity (Wildman–Crippen MR) is 63.6 cm³/mol.